The van der Waals surface area contributed by atoms with Crippen LogP contribution in [0.4, 0.5) is 5.69 Å². The lowest BCUT2D eigenvalue weighted by molar-refractivity contribution is -0.130. The lowest BCUT2D eigenvalue weighted by atomic mass is 9.98. The van der Waals surface area contributed by atoms with Gasteiger partial charge in [-0.15, -0.1) is 0 Å². The fourth-order valence-electron chi connectivity index (χ4n) is 4.37. The van der Waals surface area contributed by atoms with Crippen LogP contribution in [0.3, 0.4) is 0 Å². The SMILES string of the molecule is CC(=O)N1Cn2c(c(C(=O)C(=O)N3CCOCC3)c3ccccc32)-c2ccccc21. The molecule has 2 amide bonds. The first-order valence-corrected chi connectivity index (χ1v) is 9.98. The van der Waals surface area contributed by atoms with Crippen molar-refractivity contribution in [3.05, 3.63) is 54.1 Å². The molecule has 1 fully saturated rings. The molecule has 152 valence electrons. The molecular formula is C23H21N3O4. The Balaban J connectivity index is 1.73. The highest BCUT2D eigenvalue weighted by Gasteiger charge is 2.35. The Hall–Kier alpha value is -3.45. The number of nitrogens with zero attached hydrogens (tertiary/aromatic N) is 3. The molecule has 3 heterocycles. The first-order valence-electron chi connectivity index (χ1n) is 9.98. The van der Waals surface area contributed by atoms with Gasteiger partial charge in [0.1, 0.15) is 6.67 Å². The van der Waals surface area contributed by atoms with Crippen molar-refractivity contribution in [3.63, 3.8) is 0 Å². The number of aromatic nitrogens is 1. The summed E-state index contributed by atoms with van der Waals surface area (Å²) in [6, 6.07) is 15.0. The second-order valence-corrected chi connectivity index (χ2v) is 7.51. The molecule has 0 spiro atoms. The van der Waals surface area contributed by atoms with Gasteiger partial charge >= 0.3 is 0 Å². The molecule has 0 bridgehead atoms. The normalized spacial score (nSPS) is 15.6. The Morgan fingerprint density at radius 3 is 2.40 bits per heavy atom. The number of morpholine rings is 1. The quantitative estimate of drug-likeness (QED) is 0.487. The van der Waals surface area contributed by atoms with E-state index in [0.717, 1.165) is 22.2 Å². The molecule has 7 nitrogen and oxygen atoms in total. The van der Waals surface area contributed by atoms with Gasteiger partial charge in [0.05, 0.1) is 35.7 Å². The molecule has 0 saturated carbocycles. The standard InChI is InChI=1S/C23H21N3O4/c1-15(27)25-14-26-18-8-4-2-6-16(18)20(21(26)17-7-3-5-9-19(17)25)22(28)23(29)24-10-12-30-13-11-24/h2-9H,10-14H2,1H3. The summed E-state index contributed by atoms with van der Waals surface area (Å²) in [5, 5.41) is 0.722. The van der Waals surface area contributed by atoms with Gasteiger partial charge in [-0.25, -0.2) is 0 Å². The average molecular weight is 403 g/mol. The van der Waals surface area contributed by atoms with E-state index in [9.17, 15) is 14.4 Å². The Kier molecular flexibility index (Phi) is 4.40. The summed E-state index contributed by atoms with van der Waals surface area (Å²) in [5.41, 5.74) is 3.43. The lowest BCUT2D eigenvalue weighted by Crippen LogP contribution is -2.44. The Morgan fingerprint density at radius 1 is 0.933 bits per heavy atom. The first-order chi connectivity index (χ1) is 14.6. The average Bonchev–Trinajstić information content (AvgIpc) is 3.12. The van der Waals surface area contributed by atoms with Crippen LogP contribution in [0.25, 0.3) is 22.2 Å². The van der Waals surface area contributed by atoms with E-state index >= 15 is 0 Å². The number of amides is 2. The number of carbonyl (C=O) groups excluding carboxylic acids is 3. The van der Waals surface area contributed by atoms with E-state index < -0.39 is 11.7 Å². The maximum absolute atomic E-state index is 13.5. The number of Topliss-reactive ketones (excluding diaryl/α,β-unsaturated/α-hetero) is 1. The molecular weight excluding hydrogens is 382 g/mol. The van der Waals surface area contributed by atoms with Crippen LogP contribution in [0.15, 0.2) is 48.5 Å². The molecule has 0 radical (unpaired) electrons. The molecule has 0 N–H and O–H groups in total. The van der Waals surface area contributed by atoms with Crippen molar-refractivity contribution in [2.45, 2.75) is 13.6 Å². The first kappa shape index (κ1) is 18.6. The van der Waals surface area contributed by atoms with Crippen LogP contribution < -0.4 is 4.90 Å². The smallest absolute Gasteiger partial charge is 0.295 e. The molecule has 7 heteroatoms. The van der Waals surface area contributed by atoms with Gasteiger partial charge in [0.2, 0.25) is 5.91 Å². The van der Waals surface area contributed by atoms with Crippen molar-refractivity contribution >= 4 is 34.2 Å². The molecule has 0 aliphatic carbocycles. The molecule has 2 aliphatic rings. The second kappa shape index (κ2) is 7.11. The summed E-state index contributed by atoms with van der Waals surface area (Å²) in [6.45, 7) is 3.51. The molecule has 5 rings (SSSR count). The second-order valence-electron chi connectivity index (χ2n) is 7.51. The Morgan fingerprint density at radius 2 is 1.63 bits per heavy atom. The zero-order valence-electron chi connectivity index (χ0n) is 16.6. The van der Waals surface area contributed by atoms with Gasteiger partial charge in [-0.1, -0.05) is 36.4 Å². The fourth-order valence-corrected chi connectivity index (χ4v) is 4.37. The molecule has 2 aromatic carbocycles. The third-order valence-electron chi connectivity index (χ3n) is 5.80. The number of benzene rings is 2. The van der Waals surface area contributed by atoms with Crippen molar-refractivity contribution in [2.24, 2.45) is 0 Å². The number of fused-ring (bicyclic) bond motifs is 5. The number of ketones is 1. The van der Waals surface area contributed by atoms with Crippen LogP contribution >= 0.6 is 0 Å². The minimum atomic E-state index is -0.520. The lowest BCUT2D eigenvalue weighted by Gasteiger charge is -2.31. The topological polar surface area (TPSA) is 71.9 Å². The molecule has 0 atom stereocenters. The van der Waals surface area contributed by atoms with Crippen LogP contribution in [0.1, 0.15) is 17.3 Å². The summed E-state index contributed by atoms with van der Waals surface area (Å²) >= 11 is 0. The predicted octanol–water partition coefficient (Wildman–Crippen LogP) is 2.67. The number of para-hydroxylation sites is 2. The third-order valence-corrected chi connectivity index (χ3v) is 5.80. The van der Waals surface area contributed by atoms with E-state index in [1.165, 1.54) is 6.92 Å². The van der Waals surface area contributed by atoms with Gasteiger partial charge in [0.25, 0.3) is 11.7 Å². The molecule has 3 aromatic rings. The van der Waals surface area contributed by atoms with Gasteiger partial charge in [-0.3, -0.25) is 19.3 Å². The van der Waals surface area contributed by atoms with Crippen LogP contribution in [0.2, 0.25) is 0 Å². The molecule has 0 unspecified atom stereocenters. The maximum atomic E-state index is 13.5. The predicted molar refractivity (Wildman–Crippen MR) is 112 cm³/mol. The summed E-state index contributed by atoms with van der Waals surface area (Å²) in [7, 11) is 0. The van der Waals surface area contributed by atoms with Crippen molar-refractivity contribution < 1.29 is 19.1 Å². The zero-order valence-corrected chi connectivity index (χ0v) is 16.6. The van der Waals surface area contributed by atoms with E-state index in [4.69, 9.17) is 4.74 Å². The van der Waals surface area contributed by atoms with E-state index in [1.807, 2.05) is 53.1 Å². The zero-order chi connectivity index (χ0) is 20.8. The van der Waals surface area contributed by atoms with E-state index in [2.05, 4.69) is 0 Å². The number of rotatable bonds is 2. The molecule has 2 aliphatic heterocycles. The van der Waals surface area contributed by atoms with Crippen LogP contribution in [-0.4, -0.2) is 53.4 Å². The fraction of sp³-hybridized carbons (Fsp3) is 0.261. The van der Waals surface area contributed by atoms with Gasteiger partial charge < -0.3 is 14.2 Å². The van der Waals surface area contributed by atoms with Crippen LogP contribution in [0, 0.1) is 0 Å². The van der Waals surface area contributed by atoms with Gasteiger partial charge in [0, 0.05) is 31.0 Å². The summed E-state index contributed by atoms with van der Waals surface area (Å²) < 4.78 is 7.27. The van der Waals surface area contributed by atoms with Crippen LogP contribution in [0.5, 0.6) is 0 Å². The van der Waals surface area contributed by atoms with E-state index in [-0.39, 0.29) is 5.91 Å². The minimum absolute atomic E-state index is 0.0804. The number of carbonyl (C=O) groups is 3. The van der Waals surface area contributed by atoms with Crippen LogP contribution in [-0.2, 0) is 21.0 Å². The highest BCUT2D eigenvalue weighted by Crippen LogP contribution is 2.42. The number of hydrogen-bond acceptors (Lipinski definition) is 4. The number of ether oxygens (including phenoxy) is 1. The van der Waals surface area contributed by atoms with E-state index in [1.54, 1.807) is 9.80 Å². The van der Waals surface area contributed by atoms with E-state index in [0.29, 0.717) is 44.2 Å². The summed E-state index contributed by atoms with van der Waals surface area (Å²) in [5.74, 6) is -1.11. The molecule has 1 saturated heterocycles. The van der Waals surface area contributed by atoms with Crippen molar-refractivity contribution in [2.75, 3.05) is 31.2 Å². The highest BCUT2D eigenvalue weighted by atomic mass is 16.5. The number of hydrogen-bond donors (Lipinski definition) is 0. The third kappa shape index (κ3) is 2.74. The monoisotopic (exact) mass is 403 g/mol. The van der Waals surface area contributed by atoms with Gasteiger partial charge in [-0.05, 0) is 12.1 Å². The van der Waals surface area contributed by atoms with Crippen molar-refractivity contribution in [1.82, 2.24) is 9.47 Å². The van der Waals surface area contributed by atoms with Crippen molar-refractivity contribution in [3.8, 4) is 11.3 Å². The molecule has 30 heavy (non-hydrogen) atoms. The summed E-state index contributed by atoms with van der Waals surface area (Å²) in [6.07, 6.45) is 0. The van der Waals surface area contributed by atoms with Gasteiger partial charge in [0.15, 0.2) is 0 Å². The highest BCUT2D eigenvalue weighted by molar-refractivity contribution is 6.46. The van der Waals surface area contributed by atoms with Gasteiger partial charge in [-0.2, -0.15) is 0 Å². The summed E-state index contributed by atoms with van der Waals surface area (Å²) in [4.78, 5) is 42.1. The largest absolute Gasteiger partial charge is 0.378 e. The Labute approximate surface area is 173 Å². The number of anilines is 1. The minimum Gasteiger partial charge on any atom is -0.378 e. The molecule has 1 aromatic heterocycles. The Bertz CT molecular complexity index is 1190. The van der Waals surface area contributed by atoms with Crippen molar-refractivity contribution in [1.29, 1.82) is 0 Å². The maximum Gasteiger partial charge on any atom is 0.295 e.